The summed E-state index contributed by atoms with van der Waals surface area (Å²) < 4.78 is 0. The Hall–Kier alpha value is -1.37. The minimum absolute atomic E-state index is 0.884. The highest BCUT2D eigenvalue weighted by molar-refractivity contribution is 5.86. The average molecular weight is 173 g/mol. The van der Waals surface area contributed by atoms with Crippen LogP contribution in [0.3, 0.4) is 0 Å². The highest BCUT2D eigenvalue weighted by atomic mass is 14.7. The molecule has 0 aliphatic carbocycles. The fourth-order valence-corrected chi connectivity index (χ4v) is 1.20. The molecule has 0 saturated carbocycles. The molecule has 1 aromatic rings. The summed E-state index contributed by atoms with van der Waals surface area (Å²) in [6, 6.07) is 9.98. The molecule has 13 heavy (non-hydrogen) atoms. The van der Waals surface area contributed by atoms with Crippen LogP contribution in [0, 0.1) is 0 Å². The van der Waals surface area contributed by atoms with Crippen LogP contribution in [0.1, 0.15) is 20.3 Å². The summed E-state index contributed by atoms with van der Waals surface area (Å²) in [5.41, 5.74) is 3.28. The third-order valence-electron chi connectivity index (χ3n) is 1.63. The lowest BCUT2D eigenvalue weighted by Crippen LogP contribution is -1.90. The van der Waals surface area contributed by atoms with Crippen molar-refractivity contribution in [2.75, 3.05) is 0 Å². The van der Waals surface area contributed by atoms with Crippen molar-refractivity contribution in [3.05, 3.63) is 42.5 Å². The van der Waals surface area contributed by atoms with E-state index in [0.29, 0.717) is 0 Å². The quantitative estimate of drug-likeness (QED) is 0.487. The van der Waals surface area contributed by atoms with Gasteiger partial charge in [-0.25, -0.2) is 0 Å². The molecule has 0 amide bonds. The van der Waals surface area contributed by atoms with Crippen molar-refractivity contribution in [1.82, 2.24) is 0 Å². The molecule has 0 fully saturated rings. The third kappa shape index (κ3) is 3.70. The SMILES string of the molecule is C=C(C)CC(C)=Nc1ccccc1. The maximum absolute atomic E-state index is 4.46. The van der Waals surface area contributed by atoms with E-state index in [1.807, 2.05) is 44.2 Å². The smallest absolute Gasteiger partial charge is 0.0629 e. The van der Waals surface area contributed by atoms with E-state index in [4.69, 9.17) is 0 Å². The van der Waals surface area contributed by atoms with Crippen LogP contribution in [0.15, 0.2) is 47.5 Å². The van der Waals surface area contributed by atoms with Crippen LogP contribution >= 0.6 is 0 Å². The lowest BCUT2D eigenvalue weighted by molar-refractivity contribution is 1.25. The van der Waals surface area contributed by atoms with Crippen LogP contribution in [-0.4, -0.2) is 5.71 Å². The van der Waals surface area contributed by atoms with E-state index in [9.17, 15) is 0 Å². The highest BCUT2D eigenvalue weighted by Gasteiger charge is 1.92. The van der Waals surface area contributed by atoms with Gasteiger partial charge >= 0.3 is 0 Å². The summed E-state index contributed by atoms with van der Waals surface area (Å²) in [5.74, 6) is 0. The molecule has 68 valence electrons. The predicted octanol–water partition coefficient (Wildman–Crippen LogP) is 3.75. The van der Waals surface area contributed by atoms with Gasteiger partial charge in [0.15, 0.2) is 0 Å². The Morgan fingerprint density at radius 3 is 2.38 bits per heavy atom. The van der Waals surface area contributed by atoms with Crippen LogP contribution < -0.4 is 0 Å². The fraction of sp³-hybridized carbons (Fsp3) is 0.250. The Morgan fingerprint density at radius 1 is 1.23 bits per heavy atom. The van der Waals surface area contributed by atoms with Crippen LogP contribution in [0.25, 0.3) is 0 Å². The van der Waals surface area contributed by atoms with Crippen molar-refractivity contribution < 1.29 is 0 Å². The lowest BCUT2D eigenvalue weighted by atomic mass is 10.2. The first kappa shape index (κ1) is 9.72. The number of rotatable bonds is 3. The number of benzene rings is 1. The van der Waals surface area contributed by atoms with E-state index in [-0.39, 0.29) is 0 Å². The van der Waals surface area contributed by atoms with Crippen molar-refractivity contribution in [2.45, 2.75) is 20.3 Å². The number of hydrogen-bond acceptors (Lipinski definition) is 1. The van der Waals surface area contributed by atoms with E-state index in [0.717, 1.165) is 23.4 Å². The first-order valence-corrected chi connectivity index (χ1v) is 4.42. The van der Waals surface area contributed by atoms with Crippen LogP contribution in [0.2, 0.25) is 0 Å². The topological polar surface area (TPSA) is 12.4 Å². The molecule has 0 radical (unpaired) electrons. The van der Waals surface area contributed by atoms with E-state index in [1.54, 1.807) is 0 Å². The lowest BCUT2D eigenvalue weighted by Gasteiger charge is -1.99. The molecule has 1 rings (SSSR count). The Kier molecular flexibility index (Phi) is 3.44. The van der Waals surface area contributed by atoms with E-state index < -0.39 is 0 Å². The van der Waals surface area contributed by atoms with Gasteiger partial charge in [-0.05, 0) is 26.0 Å². The molecule has 0 spiro atoms. The van der Waals surface area contributed by atoms with Gasteiger partial charge in [-0.15, -0.1) is 0 Å². The molecule has 1 nitrogen and oxygen atoms in total. The van der Waals surface area contributed by atoms with Crippen molar-refractivity contribution in [1.29, 1.82) is 0 Å². The normalized spacial score (nSPS) is 11.4. The van der Waals surface area contributed by atoms with Crippen LogP contribution in [0.5, 0.6) is 0 Å². The molecule has 0 saturated heterocycles. The second kappa shape index (κ2) is 4.61. The minimum atomic E-state index is 0.884. The van der Waals surface area contributed by atoms with E-state index in [2.05, 4.69) is 11.6 Å². The number of nitrogens with zero attached hydrogens (tertiary/aromatic N) is 1. The second-order valence-electron chi connectivity index (χ2n) is 3.32. The summed E-state index contributed by atoms with van der Waals surface area (Å²) in [6.45, 7) is 7.90. The van der Waals surface area contributed by atoms with Gasteiger partial charge in [0.05, 0.1) is 5.69 Å². The summed E-state index contributed by atoms with van der Waals surface area (Å²) >= 11 is 0. The van der Waals surface area contributed by atoms with Gasteiger partial charge in [0, 0.05) is 12.1 Å². The maximum Gasteiger partial charge on any atom is 0.0629 e. The standard InChI is InChI=1S/C12H15N/c1-10(2)9-11(3)13-12-7-5-4-6-8-12/h4-8H,1,9H2,2-3H3. The van der Waals surface area contributed by atoms with Crippen molar-refractivity contribution >= 4 is 11.4 Å². The first-order valence-electron chi connectivity index (χ1n) is 4.42. The molecular formula is C12H15N. The van der Waals surface area contributed by atoms with Gasteiger partial charge in [0.1, 0.15) is 0 Å². The summed E-state index contributed by atoms with van der Waals surface area (Å²) in [5, 5.41) is 0. The predicted molar refractivity (Wildman–Crippen MR) is 58.6 cm³/mol. The summed E-state index contributed by atoms with van der Waals surface area (Å²) in [7, 11) is 0. The number of allylic oxidation sites excluding steroid dienone is 1. The Balaban J connectivity index is 2.71. The minimum Gasteiger partial charge on any atom is -0.258 e. The Labute approximate surface area is 79.8 Å². The Bertz CT molecular complexity index is 309. The molecule has 1 heteroatoms. The van der Waals surface area contributed by atoms with Gasteiger partial charge in [-0.2, -0.15) is 0 Å². The molecule has 0 aliphatic rings. The van der Waals surface area contributed by atoms with Gasteiger partial charge in [-0.3, -0.25) is 4.99 Å². The zero-order valence-electron chi connectivity index (χ0n) is 8.25. The molecule has 0 N–H and O–H groups in total. The highest BCUT2D eigenvalue weighted by Crippen LogP contribution is 2.11. The van der Waals surface area contributed by atoms with Crippen LogP contribution in [-0.2, 0) is 0 Å². The molecule has 0 heterocycles. The van der Waals surface area contributed by atoms with Crippen LogP contribution in [0.4, 0.5) is 5.69 Å². The number of aliphatic imine (C=N–C) groups is 1. The largest absolute Gasteiger partial charge is 0.258 e. The van der Waals surface area contributed by atoms with Gasteiger partial charge in [-0.1, -0.05) is 30.4 Å². The first-order chi connectivity index (χ1) is 6.18. The summed E-state index contributed by atoms with van der Waals surface area (Å²) in [6.07, 6.45) is 0.884. The monoisotopic (exact) mass is 173 g/mol. The molecule has 1 aromatic carbocycles. The molecular weight excluding hydrogens is 158 g/mol. The van der Waals surface area contributed by atoms with E-state index in [1.165, 1.54) is 0 Å². The summed E-state index contributed by atoms with van der Waals surface area (Å²) in [4.78, 5) is 4.46. The Morgan fingerprint density at radius 2 is 1.85 bits per heavy atom. The van der Waals surface area contributed by atoms with Gasteiger partial charge in [0.25, 0.3) is 0 Å². The zero-order chi connectivity index (χ0) is 9.68. The maximum atomic E-state index is 4.46. The molecule has 0 aliphatic heterocycles. The van der Waals surface area contributed by atoms with Gasteiger partial charge < -0.3 is 0 Å². The van der Waals surface area contributed by atoms with Gasteiger partial charge in [0.2, 0.25) is 0 Å². The van der Waals surface area contributed by atoms with E-state index >= 15 is 0 Å². The van der Waals surface area contributed by atoms with Crippen molar-refractivity contribution in [2.24, 2.45) is 4.99 Å². The molecule has 0 aromatic heterocycles. The second-order valence-corrected chi connectivity index (χ2v) is 3.32. The van der Waals surface area contributed by atoms with Crippen molar-refractivity contribution in [3.63, 3.8) is 0 Å². The molecule has 0 bridgehead atoms. The molecule has 0 atom stereocenters. The number of para-hydroxylation sites is 1. The number of hydrogen-bond donors (Lipinski definition) is 0. The molecule has 0 unspecified atom stereocenters. The van der Waals surface area contributed by atoms with Crippen molar-refractivity contribution in [3.8, 4) is 0 Å². The zero-order valence-corrected chi connectivity index (χ0v) is 8.25. The average Bonchev–Trinajstić information content (AvgIpc) is 2.04. The fourth-order valence-electron chi connectivity index (χ4n) is 1.20. The third-order valence-corrected chi connectivity index (χ3v) is 1.63.